The third-order valence-electron chi connectivity index (χ3n) is 3.48. The third-order valence-corrected chi connectivity index (χ3v) is 5.12. The molecule has 0 spiro atoms. The number of ether oxygens (including phenoxy) is 1. The molecule has 3 rings (SSSR count). The molecule has 5 heteroatoms. The Hall–Kier alpha value is -1.75. The van der Waals surface area contributed by atoms with Crippen molar-refractivity contribution in [3.63, 3.8) is 0 Å². The molecule has 19 heavy (non-hydrogen) atoms. The number of esters is 2. The van der Waals surface area contributed by atoms with Crippen LogP contribution in [0.15, 0.2) is 47.4 Å². The SMILES string of the molecule is O=C1OC(=O)C2CC(S(=O)c3ccccc3)C=CC12. The fourth-order valence-corrected chi connectivity index (χ4v) is 3.86. The highest BCUT2D eigenvalue weighted by atomic mass is 32.2. The van der Waals surface area contributed by atoms with E-state index in [9.17, 15) is 13.8 Å². The zero-order valence-electron chi connectivity index (χ0n) is 10.0. The van der Waals surface area contributed by atoms with Crippen LogP contribution in [0.2, 0.25) is 0 Å². The minimum atomic E-state index is -1.21. The monoisotopic (exact) mass is 276 g/mol. The predicted octanol–water partition coefficient (Wildman–Crippen LogP) is 1.44. The maximum Gasteiger partial charge on any atom is 0.321 e. The normalized spacial score (nSPS) is 30.8. The van der Waals surface area contributed by atoms with Crippen LogP contribution >= 0.6 is 0 Å². The van der Waals surface area contributed by atoms with Gasteiger partial charge in [-0.15, -0.1) is 0 Å². The van der Waals surface area contributed by atoms with Gasteiger partial charge in [0.05, 0.1) is 27.9 Å². The molecule has 1 aliphatic carbocycles. The summed E-state index contributed by atoms with van der Waals surface area (Å²) in [6.07, 6.45) is 3.82. The molecule has 1 aromatic rings. The number of rotatable bonds is 2. The average molecular weight is 276 g/mol. The summed E-state index contributed by atoms with van der Waals surface area (Å²) < 4.78 is 17.0. The fourth-order valence-electron chi connectivity index (χ4n) is 2.47. The number of carbonyl (C=O) groups excluding carboxylic acids is 2. The summed E-state index contributed by atoms with van der Waals surface area (Å²) in [7, 11) is -1.21. The van der Waals surface area contributed by atoms with Gasteiger partial charge in [-0.2, -0.15) is 0 Å². The molecule has 0 saturated carbocycles. The van der Waals surface area contributed by atoms with E-state index in [1.165, 1.54) is 0 Å². The summed E-state index contributed by atoms with van der Waals surface area (Å²) in [4.78, 5) is 23.7. The second-order valence-electron chi connectivity index (χ2n) is 4.64. The van der Waals surface area contributed by atoms with Gasteiger partial charge in [-0.05, 0) is 18.6 Å². The molecule has 4 nitrogen and oxygen atoms in total. The van der Waals surface area contributed by atoms with Crippen molar-refractivity contribution in [3.8, 4) is 0 Å². The van der Waals surface area contributed by atoms with E-state index >= 15 is 0 Å². The first kappa shape index (κ1) is 12.3. The number of hydrogen-bond acceptors (Lipinski definition) is 4. The summed E-state index contributed by atoms with van der Waals surface area (Å²) in [5, 5.41) is -0.248. The minimum absolute atomic E-state index is 0.248. The lowest BCUT2D eigenvalue weighted by Gasteiger charge is -2.21. The lowest BCUT2D eigenvalue weighted by atomic mass is 9.86. The van der Waals surface area contributed by atoms with Crippen LogP contribution < -0.4 is 0 Å². The van der Waals surface area contributed by atoms with Crippen molar-refractivity contribution in [2.24, 2.45) is 11.8 Å². The van der Waals surface area contributed by atoms with Crippen molar-refractivity contribution in [1.82, 2.24) is 0 Å². The zero-order valence-corrected chi connectivity index (χ0v) is 10.8. The molecule has 0 radical (unpaired) electrons. The van der Waals surface area contributed by atoms with Crippen LogP contribution in [-0.2, 0) is 25.1 Å². The fraction of sp³-hybridized carbons (Fsp3) is 0.286. The molecular formula is C14H12O4S. The molecule has 98 valence electrons. The summed E-state index contributed by atoms with van der Waals surface area (Å²) >= 11 is 0. The Bertz CT molecular complexity index is 578. The molecule has 0 N–H and O–H groups in total. The van der Waals surface area contributed by atoms with Crippen LogP contribution in [0.3, 0.4) is 0 Å². The van der Waals surface area contributed by atoms with Crippen molar-refractivity contribution < 1.29 is 18.5 Å². The minimum Gasteiger partial charge on any atom is -0.392 e. The summed E-state index contributed by atoms with van der Waals surface area (Å²) in [6.45, 7) is 0. The van der Waals surface area contributed by atoms with E-state index in [2.05, 4.69) is 4.74 Å². The van der Waals surface area contributed by atoms with E-state index in [1.807, 2.05) is 18.2 Å². The second-order valence-corrected chi connectivity index (χ2v) is 6.31. The van der Waals surface area contributed by atoms with Gasteiger partial charge in [0.2, 0.25) is 0 Å². The van der Waals surface area contributed by atoms with Crippen molar-refractivity contribution >= 4 is 22.7 Å². The topological polar surface area (TPSA) is 60.4 Å². The van der Waals surface area contributed by atoms with Gasteiger partial charge < -0.3 is 4.74 Å². The van der Waals surface area contributed by atoms with E-state index in [-0.39, 0.29) is 5.25 Å². The summed E-state index contributed by atoms with van der Waals surface area (Å²) in [5.41, 5.74) is 0. The maximum atomic E-state index is 12.4. The Morgan fingerprint density at radius 3 is 2.53 bits per heavy atom. The van der Waals surface area contributed by atoms with Crippen molar-refractivity contribution in [3.05, 3.63) is 42.5 Å². The largest absolute Gasteiger partial charge is 0.392 e. The standard InChI is InChI=1S/C14H12O4S/c15-13-11-7-6-10(8-12(11)14(16)18-13)19(17)9-4-2-1-3-5-9/h1-7,10-12H,8H2. The van der Waals surface area contributed by atoms with Gasteiger partial charge in [-0.1, -0.05) is 30.4 Å². The van der Waals surface area contributed by atoms with Gasteiger partial charge in [0.1, 0.15) is 0 Å². The number of hydrogen-bond donors (Lipinski definition) is 0. The van der Waals surface area contributed by atoms with Crippen LogP contribution in [0.5, 0.6) is 0 Å². The van der Waals surface area contributed by atoms with Crippen LogP contribution in [0.25, 0.3) is 0 Å². The molecule has 1 heterocycles. The molecule has 1 saturated heterocycles. The molecule has 0 bridgehead atoms. The van der Waals surface area contributed by atoms with Gasteiger partial charge in [0.15, 0.2) is 0 Å². The smallest absolute Gasteiger partial charge is 0.321 e. The Balaban J connectivity index is 1.84. The van der Waals surface area contributed by atoms with Gasteiger partial charge >= 0.3 is 11.9 Å². The number of cyclic esters (lactones) is 2. The molecule has 1 aliphatic heterocycles. The maximum absolute atomic E-state index is 12.4. The van der Waals surface area contributed by atoms with E-state index in [4.69, 9.17) is 0 Å². The first-order valence-corrected chi connectivity index (χ1v) is 7.27. The van der Waals surface area contributed by atoms with Gasteiger partial charge in [-0.25, -0.2) is 0 Å². The van der Waals surface area contributed by atoms with Crippen molar-refractivity contribution in [1.29, 1.82) is 0 Å². The van der Waals surface area contributed by atoms with E-state index < -0.39 is 34.6 Å². The molecule has 2 aliphatic rings. The lowest BCUT2D eigenvalue weighted by Crippen LogP contribution is -2.28. The number of carbonyl (C=O) groups is 2. The molecule has 4 unspecified atom stereocenters. The Kier molecular flexibility index (Phi) is 3.06. The molecule has 4 atom stereocenters. The quantitative estimate of drug-likeness (QED) is 0.466. The molecule has 0 amide bonds. The number of fused-ring (bicyclic) bond motifs is 1. The highest BCUT2D eigenvalue weighted by molar-refractivity contribution is 7.85. The number of benzene rings is 1. The molecular weight excluding hydrogens is 264 g/mol. The highest BCUT2D eigenvalue weighted by Crippen LogP contribution is 2.35. The lowest BCUT2D eigenvalue weighted by molar-refractivity contribution is -0.153. The van der Waals surface area contributed by atoms with Crippen molar-refractivity contribution in [2.75, 3.05) is 0 Å². The van der Waals surface area contributed by atoms with E-state index in [0.717, 1.165) is 4.90 Å². The third kappa shape index (κ3) is 2.14. The van der Waals surface area contributed by atoms with Crippen LogP contribution in [0, 0.1) is 11.8 Å². The highest BCUT2D eigenvalue weighted by Gasteiger charge is 2.46. The first-order valence-electron chi connectivity index (χ1n) is 6.06. The molecule has 1 fully saturated rings. The van der Waals surface area contributed by atoms with Gasteiger partial charge in [0.25, 0.3) is 0 Å². The van der Waals surface area contributed by atoms with Crippen LogP contribution in [0.1, 0.15) is 6.42 Å². The van der Waals surface area contributed by atoms with Crippen molar-refractivity contribution in [2.45, 2.75) is 16.6 Å². The van der Waals surface area contributed by atoms with Crippen LogP contribution in [-0.4, -0.2) is 21.4 Å². The molecule has 1 aromatic carbocycles. The predicted molar refractivity (Wildman–Crippen MR) is 68.5 cm³/mol. The van der Waals surface area contributed by atoms with Gasteiger partial charge in [-0.3, -0.25) is 13.8 Å². The average Bonchev–Trinajstić information content (AvgIpc) is 2.74. The first-order chi connectivity index (χ1) is 9.16. The van der Waals surface area contributed by atoms with E-state index in [1.54, 1.807) is 24.3 Å². The molecule has 0 aromatic heterocycles. The zero-order chi connectivity index (χ0) is 13.4. The Morgan fingerprint density at radius 1 is 1.05 bits per heavy atom. The summed E-state index contributed by atoms with van der Waals surface area (Å²) in [6, 6.07) is 9.12. The van der Waals surface area contributed by atoms with Gasteiger partial charge in [0, 0.05) is 4.90 Å². The summed E-state index contributed by atoms with van der Waals surface area (Å²) in [5.74, 6) is -1.95. The Morgan fingerprint density at radius 2 is 1.79 bits per heavy atom. The van der Waals surface area contributed by atoms with E-state index in [0.29, 0.717) is 6.42 Å². The second kappa shape index (κ2) is 4.74. The Labute approximate surface area is 112 Å². The van der Waals surface area contributed by atoms with Crippen LogP contribution in [0.4, 0.5) is 0 Å².